The van der Waals surface area contributed by atoms with Crippen molar-refractivity contribution < 1.29 is 4.79 Å². The fourth-order valence-electron chi connectivity index (χ4n) is 1.90. The molecular formula is C14H25N5O. The van der Waals surface area contributed by atoms with Gasteiger partial charge in [-0.05, 0) is 45.6 Å². The summed E-state index contributed by atoms with van der Waals surface area (Å²) in [6.45, 7) is 7.66. The van der Waals surface area contributed by atoms with E-state index in [1.54, 1.807) is 4.68 Å². The second-order valence-electron chi connectivity index (χ2n) is 5.76. The molecule has 2 rings (SSSR count). The van der Waals surface area contributed by atoms with Crippen molar-refractivity contribution in [3.05, 3.63) is 11.9 Å². The fourth-order valence-corrected chi connectivity index (χ4v) is 1.90. The second-order valence-corrected chi connectivity index (χ2v) is 5.76. The highest BCUT2D eigenvalue weighted by Crippen LogP contribution is 2.27. The molecule has 2 unspecified atom stereocenters. The van der Waals surface area contributed by atoms with Gasteiger partial charge in [0, 0.05) is 12.6 Å². The zero-order valence-corrected chi connectivity index (χ0v) is 12.6. The van der Waals surface area contributed by atoms with Crippen LogP contribution in [0, 0.1) is 5.92 Å². The van der Waals surface area contributed by atoms with E-state index in [1.807, 2.05) is 20.0 Å². The molecule has 6 heteroatoms. The van der Waals surface area contributed by atoms with Crippen LogP contribution in [0.5, 0.6) is 0 Å². The van der Waals surface area contributed by atoms with Gasteiger partial charge < -0.3 is 10.6 Å². The van der Waals surface area contributed by atoms with Crippen molar-refractivity contribution in [1.29, 1.82) is 0 Å². The maximum atomic E-state index is 12.0. The summed E-state index contributed by atoms with van der Waals surface area (Å²) in [5.74, 6) is 0.840. The largest absolute Gasteiger partial charge is 0.352 e. The standard InChI is InChI=1S/C14H25N5O/c1-4-10(2)16-14(20)11(3)19-9-13(17-18-19)8-15-7-12-5-6-12/h9-12,15H,4-8H2,1-3H3,(H,16,20). The maximum Gasteiger partial charge on any atom is 0.244 e. The molecule has 112 valence electrons. The lowest BCUT2D eigenvalue weighted by atomic mass is 10.2. The van der Waals surface area contributed by atoms with E-state index in [2.05, 4.69) is 27.9 Å². The van der Waals surface area contributed by atoms with Crippen LogP contribution in [0.15, 0.2) is 6.20 Å². The van der Waals surface area contributed by atoms with Gasteiger partial charge in [0.25, 0.3) is 0 Å². The van der Waals surface area contributed by atoms with Gasteiger partial charge in [0.15, 0.2) is 0 Å². The van der Waals surface area contributed by atoms with Crippen LogP contribution in [-0.4, -0.2) is 33.5 Å². The molecule has 0 aliphatic heterocycles. The summed E-state index contributed by atoms with van der Waals surface area (Å²) in [6.07, 6.45) is 5.45. The zero-order chi connectivity index (χ0) is 14.5. The Hall–Kier alpha value is -1.43. The number of carbonyl (C=O) groups excluding carboxylic acids is 1. The van der Waals surface area contributed by atoms with Crippen molar-refractivity contribution in [2.75, 3.05) is 6.54 Å². The van der Waals surface area contributed by atoms with Gasteiger partial charge in [-0.15, -0.1) is 5.10 Å². The Morgan fingerprint density at radius 2 is 2.25 bits per heavy atom. The third-order valence-electron chi connectivity index (χ3n) is 3.77. The molecule has 1 saturated carbocycles. The minimum atomic E-state index is -0.325. The topological polar surface area (TPSA) is 71.8 Å². The van der Waals surface area contributed by atoms with Crippen molar-refractivity contribution >= 4 is 5.91 Å². The number of nitrogens with zero attached hydrogens (tertiary/aromatic N) is 3. The molecule has 0 aromatic carbocycles. The molecule has 6 nitrogen and oxygen atoms in total. The lowest BCUT2D eigenvalue weighted by Crippen LogP contribution is -2.37. The van der Waals surface area contributed by atoms with Crippen LogP contribution < -0.4 is 10.6 Å². The van der Waals surface area contributed by atoms with E-state index in [4.69, 9.17) is 0 Å². The third-order valence-corrected chi connectivity index (χ3v) is 3.77. The van der Waals surface area contributed by atoms with Gasteiger partial charge in [0.2, 0.25) is 5.91 Å². The molecule has 0 bridgehead atoms. The highest BCUT2D eigenvalue weighted by Gasteiger charge is 2.21. The molecule has 2 N–H and O–H groups in total. The number of hydrogen-bond acceptors (Lipinski definition) is 4. The molecule has 20 heavy (non-hydrogen) atoms. The highest BCUT2D eigenvalue weighted by molar-refractivity contribution is 5.79. The maximum absolute atomic E-state index is 12.0. The van der Waals surface area contributed by atoms with Gasteiger partial charge in [-0.25, -0.2) is 4.68 Å². The van der Waals surface area contributed by atoms with Crippen molar-refractivity contribution in [2.24, 2.45) is 5.92 Å². The predicted octanol–water partition coefficient (Wildman–Crippen LogP) is 1.25. The molecule has 1 heterocycles. The van der Waals surface area contributed by atoms with E-state index >= 15 is 0 Å². The van der Waals surface area contributed by atoms with E-state index < -0.39 is 0 Å². The van der Waals surface area contributed by atoms with E-state index in [0.29, 0.717) is 0 Å². The van der Waals surface area contributed by atoms with E-state index in [9.17, 15) is 4.79 Å². The predicted molar refractivity (Wildman–Crippen MR) is 77.1 cm³/mol. The Morgan fingerprint density at radius 1 is 1.50 bits per heavy atom. The molecule has 1 aromatic heterocycles. The van der Waals surface area contributed by atoms with Gasteiger partial charge >= 0.3 is 0 Å². The Kier molecular flexibility index (Phi) is 5.11. The quantitative estimate of drug-likeness (QED) is 0.751. The first-order valence-electron chi connectivity index (χ1n) is 7.52. The Morgan fingerprint density at radius 3 is 2.90 bits per heavy atom. The van der Waals surface area contributed by atoms with E-state index in [-0.39, 0.29) is 18.0 Å². The number of aromatic nitrogens is 3. The molecule has 1 aromatic rings. The van der Waals surface area contributed by atoms with Crippen molar-refractivity contribution in [2.45, 2.75) is 58.7 Å². The van der Waals surface area contributed by atoms with Crippen molar-refractivity contribution in [3.8, 4) is 0 Å². The zero-order valence-electron chi connectivity index (χ0n) is 12.6. The van der Waals surface area contributed by atoms with Crippen molar-refractivity contribution in [1.82, 2.24) is 25.6 Å². The Bertz CT molecular complexity index is 441. The monoisotopic (exact) mass is 279 g/mol. The second kappa shape index (κ2) is 6.83. The first kappa shape index (κ1) is 15.0. The van der Waals surface area contributed by atoms with Gasteiger partial charge in [-0.3, -0.25) is 4.79 Å². The van der Waals surface area contributed by atoms with Gasteiger partial charge in [-0.1, -0.05) is 12.1 Å². The number of rotatable bonds is 8. The minimum absolute atomic E-state index is 0.0123. The first-order valence-corrected chi connectivity index (χ1v) is 7.52. The molecule has 2 atom stereocenters. The number of amides is 1. The van der Waals surface area contributed by atoms with Crippen LogP contribution in [-0.2, 0) is 11.3 Å². The summed E-state index contributed by atoms with van der Waals surface area (Å²) in [5, 5.41) is 14.5. The number of hydrogen-bond donors (Lipinski definition) is 2. The fraction of sp³-hybridized carbons (Fsp3) is 0.786. The molecule has 0 radical (unpaired) electrons. The summed E-state index contributed by atoms with van der Waals surface area (Å²) in [7, 11) is 0. The Labute approximate surface area is 120 Å². The van der Waals surface area contributed by atoms with Gasteiger partial charge in [0.05, 0.1) is 11.9 Å². The molecule has 1 aliphatic rings. The van der Waals surface area contributed by atoms with Gasteiger partial charge in [0.1, 0.15) is 6.04 Å². The lowest BCUT2D eigenvalue weighted by molar-refractivity contribution is -0.124. The molecule has 0 saturated heterocycles. The molecule has 1 fully saturated rings. The van der Waals surface area contributed by atoms with Crippen LogP contribution in [0.2, 0.25) is 0 Å². The van der Waals surface area contributed by atoms with E-state index in [0.717, 1.165) is 31.1 Å². The van der Waals surface area contributed by atoms with Crippen LogP contribution >= 0.6 is 0 Å². The normalized spacial score (nSPS) is 17.8. The van der Waals surface area contributed by atoms with Crippen LogP contribution in [0.1, 0.15) is 51.8 Å². The minimum Gasteiger partial charge on any atom is -0.352 e. The number of nitrogens with one attached hydrogen (secondary N) is 2. The lowest BCUT2D eigenvalue weighted by Gasteiger charge is -2.15. The number of carbonyl (C=O) groups is 1. The van der Waals surface area contributed by atoms with Crippen LogP contribution in [0.4, 0.5) is 0 Å². The first-order chi connectivity index (χ1) is 9.60. The van der Waals surface area contributed by atoms with E-state index in [1.165, 1.54) is 12.8 Å². The summed E-state index contributed by atoms with van der Waals surface area (Å²) < 4.78 is 1.63. The Balaban J connectivity index is 1.81. The summed E-state index contributed by atoms with van der Waals surface area (Å²) in [4.78, 5) is 12.0. The SMILES string of the molecule is CCC(C)NC(=O)C(C)n1cc(CNCC2CC2)nn1. The average molecular weight is 279 g/mol. The summed E-state index contributed by atoms with van der Waals surface area (Å²) >= 11 is 0. The highest BCUT2D eigenvalue weighted by atomic mass is 16.2. The van der Waals surface area contributed by atoms with Crippen LogP contribution in [0.25, 0.3) is 0 Å². The van der Waals surface area contributed by atoms with Gasteiger partial charge in [-0.2, -0.15) is 0 Å². The van der Waals surface area contributed by atoms with Crippen molar-refractivity contribution in [3.63, 3.8) is 0 Å². The third kappa shape index (κ3) is 4.30. The molecule has 0 spiro atoms. The summed E-state index contributed by atoms with van der Waals surface area (Å²) in [5.41, 5.74) is 0.883. The smallest absolute Gasteiger partial charge is 0.244 e. The molecule has 1 amide bonds. The summed E-state index contributed by atoms with van der Waals surface area (Å²) in [6, 6.07) is -0.137. The van der Waals surface area contributed by atoms with Crippen LogP contribution in [0.3, 0.4) is 0 Å². The molecular weight excluding hydrogens is 254 g/mol. The molecule has 1 aliphatic carbocycles. The average Bonchev–Trinajstić information content (AvgIpc) is 3.14.